The van der Waals surface area contributed by atoms with Crippen LogP contribution in [0.2, 0.25) is 10.0 Å². The van der Waals surface area contributed by atoms with Gasteiger partial charge in [-0.05, 0) is 74.1 Å². The Morgan fingerprint density at radius 2 is 1.71 bits per heavy atom. The third-order valence-electron chi connectivity index (χ3n) is 6.37. The predicted molar refractivity (Wildman–Crippen MR) is 163 cm³/mol. The largest absolute Gasteiger partial charge is 0.480 e. The van der Waals surface area contributed by atoms with Crippen LogP contribution in [0.4, 0.5) is 11.5 Å². The fourth-order valence-corrected chi connectivity index (χ4v) is 6.97. The molecule has 0 radical (unpaired) electrons. The van der Waals surface area contributed by atoms with Crippen molar-refractivity contribution in [1.29, 1.82) is 0 Å². The second-order valence-corrected chi connectivity index (χ2v) is 13.6. The molecule has 0 spiro atoms. The van der Waals surface area contributed by atoms with E-state index in [4.69, 9.17) is 23.2 Å². The van der Waals surface area contributed by atoms with Crippen molar-refractivity contribution >= 4 is 61.6 Å². The van der Waals surface area contributed by atoms with Gasteiger partial charge in [-0.2, -0.15) is 0 Å². The molecule has 4 aromatic rings. The Morgan fingerprint density at radius 1 is 1.02 bits per heavy atom. The van der Waals surface area contributed by atoms with E-state index in [2.05, 4.69) is 20.4 Å². The summed E-state index contributed by atoms with van der Waals surface area (Å²) in [6, 6.07) is 12.9. The van der Waals surface area contributed by atoms with Crippen molar-refractivity contribution in [3.63, 3.8) is 0 Å². The maximum absolute atomic E-state index is 14.1. The molecule has 0 fully saturated rings. The van der Waals surface area contributed by atoms with Crippen LogP contribution in [0.1, 0.15) is 20.8 Å². The Balaban J connectivity index is 1.77. The van der Waals surface area contributed by atoms with Crippen LogP contribution >= 0.6 is 23.2 Å². The summed E-state index contributed by atoms with van der Waals surface area (Å²) in [6.07, 6.45) is 1.80. The summed E-state index contributed by atoms with van der Waals surface area (Å²) in [5, 5.41) is 23.0. The van der Waals surface area contributed by atoms with Crippen molar-refractivity contribution in [3.05, 3.63) is 70.8 Å². The molecule has 13 heteroatoms. The first-order chi connectivity index (χ1) is 19.2. The minimum atomic E-state index is -4.41. The van der Waals surface area contributed by atoms with Crippen molar-refractivity contribution < 1.29 is 18.3 Å². The molecular weight excluding hydrogens is 587 g/mol. The zero-order valence-electron chi connectivity index (χ0n) is 23.3. The average molecular weight is 620 g/mol. The highest BCUT2D eigenvalue weighted by Gasteiger charge is 2.43. The molecular formula is C28H32Cl2N6O4S. The van der Waals surface area contributed by atoms with Crippen LogP contribution in [-0.2, 0) is 14.8 Å². The topological polar surface area (TPSA) is 121 Å². The Bertz CT molecular complexity index is 1650. The number of nitrogens with zero attached hydrogens (tertiary/aromatic N) is 5. The van der Waals surface area contributed by atoms with E-state index >= 15 is 0 Å². The molecule has 2 heterocycles. The Labute approximate surface area is 249 Å². The van der Waals surface area contributed by atoms with Gasteiger partial charge >= 0.3 is 5.97 Å². The van der Waals surface area contributed by atoms with E-state index in [-0.39, 0.29) is 20.6 Å². The number of nitrogens with one attached hydrogen (secondary N) is 1. The summed E-state index contributed by atoms with van der Waals surface area (Å²) in [6.45, 7) is 6.59. The molecule has 41 heavy (non-hydrogen) atoms. The first-order valence-electron chi connectivity index (χ1n) is 12.8. The smallest absolute Gasteiger partial charge is 0.328 e. The SMILES string of the molecule is CN(C)CCNc1ccc(-n2ccc3cc(N(C(C(=O)O)C(C)(C)C)S(=O)(=O)c4cc(Cl)cc(Cl)c4)ccc32)nn1. The number of hydrogen-bond donors (Lipinski definition) is 2. The highest BCUT2D eigenvalue weighted by atomic mass is 35.5. The summed E-state index contributed by atoms with van der Waals surface area (Å²) >= 11 is 12.2. The quantitative estimate of drug-likeness (QED) is 0.242. The zero-order chi connectivity index (χ0) is 30.1. The molecule has 2 aromatic heterocycles. The first-order valence-corrected chi connectivity index (χ1v) is 15.0. The number of carboxylic acid groups (broad SMARTS) is 1. The van der Waals surface area contributed by atoms with Crippen molar-refractivity contribution in [2.24, 2.45) is 5.41 Å². The van der Waals surface area contributed by atoms with E-state index < -0.39 is 27.4 Å². The molecule has 0 saturated carbocycles. The van der Waals surface area contributed by atoms with Crippen LogP contribution < -0.4 is 9.62 Å². The summed E-state index contributed by atoms with van der Waals surface area (Å²) in [5.41, 5.74) is -0.0533. The summed E-state index contributed by atoms with van der Waals surface area (Å²) in [7, 11) is -0.431. The lowest BCUT2D eigenvalue weighted by Gasteiger charge is -2.37. The molecule has 4 rings (SSSR count). The Kier molecular flexibility index (Phi) is 8.84. The normalized spacial score (nSPS) is 13.0. The van der Waals surface area contributed by atoms with Gasteiger partial charge in [0.05, 0.1) is 16.1 Å². The van der Waals surface area contributed by atoms with Gasteiger partial charge in [0.15, 0.2) is 5.82 Å². The van der Waals surface area contributed by atoms with Gasteiger partial charge in [-0.1, -0.05) is 44.0 Å². The zero-order valence-corrected chi connectivity index (χ0v) is 25.7. The van der Waals surface area contributed by atoms with Crippen molar-refractivity contribution in [2.75, 3.05) is 36.8 Å². The van der Waals surface area contributed by atoms with Crippen LogP contribution in [-0.4, -0.2) is 72.4 Å². The number of rotatable bonds is 10. The molecule has 2 aromatic carbocycles. The van der Waals surface area contributed by atoms with Crippen LogP contribution in [0, 0.1) is 5.41 Å². The maximum atomic E-state index is 14.1. The van der Waals surface area contributed by atoms with Crippen molar-refractivity contribution in [3.8, 4) is 5.82 Å². The number of aliphatic carboxylic acids is 1. The Morgan fingerprint density at radius 3 is 2.27 bits per heavy atom. The number of hydrogen-bond acceptors (Lipinski definition) is 7. The van der Waals surface area contributed by atoms with Gasteiger partial charge in [0.25, 0.3) is 10.0 Å². The standard InChI is InChI=1S/C28H32Cl2N6O4S/c1-28(2,3)26(27(37)38)36(41(39,40)22-16-19(29)15-20(30)17-22)21-6-7-23-18(14-21)10-12-35(23)25-9-8-24(32-33-25)31-11-13-34(4)5/h6-10,12,14-17,26H,11,13H2,1-5H3,(H,31,32)(H,37,38). The molecule has 0 aliphatic rings. The molecule has 2 N–H and O–H groups in total. The molecule has 0 saturated heterocycles. The monoisotopic (exact) mass is 618 g/mol. The summed E-state index contributed by atoms with van der Waals surface area (Å²) in [4.78, 5) is 14.4. The van der Waals surface area contributed by atoms with Crippen molar-refractivity contribution in [2.45, 2.75) is 31.7 Å². The van der Waals surface area contributed by atoms with E-state index in [1.54, 1.807) is 51.2 Å². The molecule has 218 valence electrons. The molecule has 0 aliphatic carbocycles. The van der Waals surface area contributed by atoms with Crippen LogP contribution in [0.25, 0.3) is 16.7 Å². The second kappa shape index (κ2) is 11.8. The molecule has 0 bridgehead atoms. The predicted octanol–water partition coefficient (Wildman–Crippen LogP) is 5.40. The minimum Gasteiger partial charge on any atom is -0.480 e. The van der Waals surface area contributed by atoms with E-state index in [1.807, 2.05) is 30.8 Å². The molecule has 0 amide bonds. The third-order valence-corrected chi connectivity index (χ3v) is 8.58. The third kappa shape index (κ3) is 6.75. The van der Waals surface area contributed by atoms with Gasteiger partial charge in [0.2, 0.25) is 0 Å². The second-order valence-electron chi connectivity index (χ2n) is 10.9. The van der Waals surface area contributed by atoms with E-state index in [9.17, 15) is 18.3 Å². The number of aromatic nitrogens is 3. The number of fused-ring (bicyclic) bond motifs is 1. The van der Waals surface area contributed by atoms with Gasteiger partial charge in [-0.25, -0.2) is 13.2 Å². The lowest BCUT2D eigenvalue weighted by atomic mass is 9.86. The van der Waals surface area contributed by atoms with E-state index in [0.717, 1.165) is 22.9 Å². The van der Waals surface area contributed by atoms with Crippen molar-refractivity contribution in [1.82, 2.24) is 19.7 Å². The number of benzene rings is 2. The number of halogens is 2. The van der Waals surface area contributed by atoms with Crippen LogP contribution in [0.3, 0.4) is 0 Å². The van der Waals surface area contributed by atoms with Crippen LogP contribution in [0.5, 0.6) is 0 Å². The number of likely N-dealkylation sites (N-methyl/N-ethyl adjacent to an activating group) is 1. The van der Waals surface area contributed by atoms with Gasteiger partial charge in [-0.15, -0.1) is 10.2 Å². The van der Waals surface area contributed by atoms with Gasteiger partial charge in [-0.3, -0.25) is 8.87 Å². The minimum absolute atomic E-state index is 0.117. The van der Waals surface area contributed by atoms with Gasteiger partial charge in [0.1, 0.15) is 11.9 Å². The van der Waals surface area contributed by atoms with Gasteiger partial charge < -0.3 is 15.3 Å². The van der Waals surface area contributed by atoms with E-state index in [1.165, 1.54) is 18.2 Å². The number of anilines is 2. The number of sulfonamides is 1. The number of carboxylic acids is 1. The van der Waals surface area contributed by atoms with E-state index in [0.29, 0.717) is 17.0 Å². The Hall–Kier alpha value is -3.38. The lowest BCUT2D eigenvalue weighted by Crippen LogP contribution is -2.52. The maximum Gasteiger partial charge on any atom is 0.328 e. The molecule has 1 unspecified atom stereocenters. The molecule has 0 aliphatic heterocycles. The summed E-state index contributed by atoms with van der Waals surface area (Å²) < 4.78 is 30.9. The number of carbonyl (C=O) groups is 1. The fraction of sp³-hybridized carbons (Fsp3) is 0.321. The molecule has 1 atom stereocenters. The average Bonchev–Trinajstić information content (AvgIpc) is 3.29. The summed E-state index contributed by atoms with van der Waals surface area (Å²) in [5.74, 6) is -0.0679. The highest BCUT2D eigenvalue weighted by Crippen LogP contribution is 2.37. The lowest BCUT2D eigenvalue weighted by molar-refractivity contribution is -0.140. The fourth-order valence-electron chi connectivity index (χ4n) is 4.46. The van der Waals surface area contributed by atoms with Crippen LogP contribution in [0.15, 0.2) is 65.7 Å². The highest BCUT2D eigenvalue weighted by molar-refractivity contribution is 7.93. The molecule has 10 nitrogen and oxygen atoms in total. The first kappa shape index (κ1) is 30.6. The van der Waals surface area contributed by atoms with Gasteiger partial charge in [0, 0.05) is 34.7 Å².